The Labute approximate surface area is 179 Å². The molecule has 1 aromatic carbocycles. The van der Waals surface area contributed by atoms with Crippen molar-refractivity contribution in [1.29, 1.82) is 0 Å². The maximum Gasteiger partial charge on any atom is 0.220 e. The quantitative estimate of drug-likeness (QED) is 0.633. The Bertz CT molecular complexity index is 715. The van der Waals surface area contributed by atoms with Crippen molar-refractivity contribution in [3.8, 4) is 0 Å². The van der Waals surface area contributed by atoms with Crippen LogP contribution in [0, 0.1) is 23.6 Å². The molecule has 0 atom stereocenters. The number of carbonyl (C=O) groups is 2. The smallest absolute Gasteiger partial charge is 0.220 e. The minimum absolute atomic E-state index is 0.0707. The molecule has 0 radical (unpaired) electrons. The summed E-state index contributed by atoms with van der Waals surface area (Å²) in [5.74, 6) is 1.63. The highest BCUT2D eigenvalue weighted by Crippen LogP contribution is 2.33. The summed E-state index contributed by atoms with van der Waals surface area (Å²) in [6, 6.07) is 6.34. The Morgan fingerprint density at radius 1 is 0.900 bits per heavy atom. The maximum atomic E-state index is 13.1. The van der Waals surface area contributed by atoms with E-state index in [0.717, 1.165) is 57.7 Å². The van der Waals surface area contributed by atoms with Gasteiger partial charge in [-0.2, -0.15) is 0 Å². The molecule has 0 bridgehead atoms. The predicted molar refractivity (Wildman–Crippen MR) is 116 cm³/mol. The van der Waals surface area contributed by atoms with Crippen LogP contribution in [-0.4, -0.2) is 42.3 Å². The maximum absolute atomic E-state index is 13.1. The number of Topliss-reactive ketones (excluding diaryl/α,β-unsaturated/α-hetero) is 1. The summed E-state index contributed by atoms with van der Waals surface area (Å²) in [6.45, 7) is 3.06. The molecule has 5 heteroatoms. The van der Waals surface area contributed by atoms with Crippen LogP contribution in [0.25, 0.3) is 0 Å². The Hall–Kier alpha value is -1.75. The van der Waals surface area contributed by atoms with Gasteiger partial charge in [0.05, 0.1) is 0 Å². The van der Waals surface area contributed by atoms with Crippen molar-refractivity contribution in [1.82, 2.24) is 10.2 Å². The molecule has 1 heterocycles. The number of hydrogen-bond acceptors (Lipinski definition) is 3. The summed E-state index contributed by atoms with van der Waals surface area (Å²) in [5, 5.41) is 3.25. The number of benzene rings is 1. The number of rotatable bonds is 8. The molecule has 2 aliphatic carbocycles. The van der Waals surface area contributed by atoms with Gasteiger partial charge in [-0.3, -0.25) is 9.59 Å². The van der Waals surface area contributed by atoms with Crippen LogP contribution in [0.3, 0.4) is 0 Å². The summed E-state index contributed by atoms with van der Waals surface area (Å²) in [4.78, 5) is 27.1. The van der Waals surface area contributed by atoms with Gasteiger partial charge in [0, 0.05) is 23.9 Å². The van der Waals surface area contributed by atoms with E-state index in [1.165, 1.54) is 44.2 Å². The Kier molecular flexibility index (Phi) is 7.19. The minimum Gasteiger partial charge on any atom is -0.353 e. The topological polar surface area (TPSA) is 49.4 Å². The highest BCUT2D eigenvalue weighted by atomic mass is 19.1. The number of nitrogens with zero attached hydrogens (tertiary/aromatic N) is 1. The van der Waals surface area contributed by atoms with Gasteiger partial charge in [-0.25, -0.2) is 4.39 Å². The largest absolute Gasteiger partial charge is 0.353 e. The standard InChI is InChI=1S/C25H35FN2O2/c26-22-7-5-20(6-8-22)25(30)21-12-15-28(16-13-21)14-11-18-3-9-23(10-4-18)27-24(29)17-19-1-2-19/h5-8,18-19,21,23H,1-4,9-17H2,(H,27,29). The first-order valence-corrected chi connectivity index (χ1v) is 11.9. The average molecular weight is 415 g/mol. The lowest BCUT2D eigenvalue weighted by atomic mass is 9.83. The second kappa shape index (κ2) is 10.0. The van der Waals surface area contributed by atoms with Crippen molar-refractivity contribution in [2.45, 2.75) is 70.3 Å². The molecule has 1 N–H and O–H groups in total. The van der Waals surface area contributed by atoms with Crippen molar-refractivity contribution in [3.63, 3.8) is 0 Å². The lowest BCUT2D eigenvalue weighted by Crippen LogP contribution is -2.39. The van der Waals surface area contributed by atoms with E-state index in [1.807, 2.05) is 0 Å². The fourth-order valence-electron chi connectivity index (χ4n) is 5.10. The van der Waals surface area contributed by atoms with E-state index in [0.29, 0.717) is 17.5 Å². The summed E-state index contributed by atoms with van der Waals surface area (Å²) in [7, 11) is 0. The van der Waals surface area contributed by atoms with Crippen molar-refractivity contribution in [2.75, 3.05) is 19.6 Å². The highest BCUT2D eigenvalue weighted by molar-refractivity contribution is 5.97. The van der Waals surface area contributed by atoms with Crippen molar-refractivity contribution in [3.05, 3.63) is 35.6 Å². The SMILES string of the molecule is O=C(CC1CC1)NC1CCC(CCN2CCC(C(=O)c3ccc(F)cc3)CC2)CC1. The van der Waals surface area contributed by atoms with Crippen molar-refractivity contribution >= 4 is 11.7 Å². The van der Waals surface area contributed by atoms with Crippen LogP contribution in [-0.2, 0) is 4.79 Å². The second-order valence-electron chi connectivity index (χ2n) is 9.71. The number of piperidine rings is 1. The number of nitrogens with one attached hydrogen (secondary N) is 1. The fraction of sp³-hybridized carbons (Fsp3) is 0.680. The lowest BCUT2D eigenvalue weighted by Gasteiger charge is -2.34. The first kappa shape index (κ1) is 21.5. The number of ketones is 1. The van der Waals surface area contributed by atoms with Gasteiger partial charge in [-0.1, -0.05) is 0 Å². The van der Waals surface area contributed by atoms with Gasteiger partial charge < -0.3 is 10.2 Å². The first-order valence-electron chi connectivity index (χ1n) is 11.9. The summed E-state index contributed by atoms with van der Waals surface area (Å²) in [6.07, 6.45) is 10.9. The second-order valence-corrected chi connectivity index (χ2v) is 9.71. The zero-order valence-corrected chi connectivity index (χ0v) is 18.0. The molecule has 0 spiro atoms. The minimum atomic E-state index is -0.295. The van der Waals surface area contributed by atoms with E-state index in [1.54, 1.807) is 12.1 Å². The molecule has 164 valence electrons. The van der Waals surface area contributed by atoms with E-state index in [-0.39, 0.29) is 23.4 Å². The summed E-state index contributed by atoms with van der Waals surface area (Å²) < 4.78 is 13.1. The molecular formula is C25H35FN2O2. The predicted octanol–water partition coefficient (Wildman–Crippen LogP) is 4.59. The molecule has 30 heavy (non-hydrogen) atoms. The van der Waals surface area contributed by atoms with Gasteiger partial charge in [-0.15, -0.1) is 0 Å². The zero-order valence-electron chi connectivity index (χ0n) is 18.0. The fourth-order valence-corrected chi connectivity index (χ4v) is 5.10. The van der Waals surface area contributed by atoms with Crippen LogP contribution in [0.4, 0.5) is 4.39 Å². The normalized spacial score (nSPS) is 25.8. The molecule has 4 rings (SSSR count). The molecule has 3 fully saturated rings. The number of likely N-dealkylation sites (tertiary alicyclic amines) is 1. The number of hydrogen-bond donors (Lipinski definition) is 1. The van der Waals surface area contributed by atoms with Gasteiger partial charge in [-0.05, 0) is 114 Å². The van der Waals surface area contributed by atoms with Crippen LogP contribution < -0.4 is 5.32 Å². The van der Waals surface area contributed by atoms with E-state index in [4.69, 9.17) is 0 Å². The molecule has 1 amide bonds. The van der Waals surface area contributed by atoms with Crippen LogP contribution in [0.15, 0.2) is 24.3 Å². The van der Waals surface area contributed by atoms with E-state index >= 15 is 0 Å². The summed E-state index contributed by atoms with van der Waals surface area (Å²) >= 11 is 0. The molecule has 1 aliphatic heterocycles. The summed E-state index contributed by atoms with van der Waals surface area (Å²) in [5.41, 5.74) is 0.635. The van der Waals surface area contributed by atoms with Gasteiger partial charge in [0.1, 0.15) is 5.82 Å². The van der Waals surface area contributed by atoms with Gasteiger partial charge in [0.2, 0.25) is 5.91 Å². The third-order valence-corrected chi connectivity index (χ3v) is 7.32. The van der Waals surface area contributed by atoms with E-state index < -0.39 is 0 Å². The van der Waals surface area contributed by atoms with Crippen LogP contribution in [0.1, 0.15) is 74.6 Å². The van der Waals surface area contributed by atoms with Crippen LogP contribution in [0.2, 0.25) is 0 Å². The zero-order chi connectivity index (χ0) is 20.9. The average Bonchev–Trinajstić information content (AvgIpc) is 3.57. The Morgan fingerprint density at radius 3 is 2.17 bits per heavy atom. The third-order valence-electron chi connectivity index (χ3n) is 7.32. The van der Waals surface area contributed by atoms with Gasteiger partial charge >= 0.3 is 0 Å². The molecule has 0 aromatic heterocycles. The first-order chi connectivity index (χ1) is 14.6. The highest BCUT2D eigenvalue weighted by Gasteiger charge is 2.29. The number of amides is 1. The van der Waals surface area contributed by atoms with Crippen LogP contribution in [0.5, 0.6) is 0 Å². The lowest BCUT2D eigenvalue weighted by molar-refractivity contribution is -0.122. The van der Waals surface area contributed by atoms with E-state index in [2.05, 4.69) is 10.2 Å². The molecule has 1 aromatic rings. The van der Waals surface area contributed by atoms with Crippen molar-refractivity contribution in [2.24, 2.45) is 17.8 Å². The van der Waals surface area contributed by atoms with Crippen molar-refractivity contribution < 1.29 is 14.0 Å². The van der Waals surface area contributed by atoms with Gasteiger partial charge in [0.15, 0.2) is 5.78 Å². The Morgan fingerprint density at radius 2 is 1.53 bits per heavy atom. The monoisotopic (exact) mass is 414 g/mol. The Balaban J connectivity index is 1.11. The van der Waals surface area contributed by atoms with Gasteiger partial charge in [0.25, 0.3) is 0 Å². The van der Waals surface area contributed by atoms with Crippen LogP contribution >= 0.6 is 0 Å². The molecule has 1 saturated heterocycles. The number of carbonyl (C=O) groups excluding carboxylic acids is 2. The van der Waals surface area contributed by atoms with E-state index in [9.17, 15) is 14.0 Å². The molecule has 4 nitrogen and oxygen atoms in total. The molecule has 0 unspecified atom stereocenters. The number of halogens is 1. The molecular weight excluding hydrogens is 379 g/mol. The molecule has 3 aliphatic rings. The molecule has 2 saturated carbocycles. The third kappa shape index (κ3) is 6.13.